The van der Waals surface area contributed by atoms with Gasteiger partial charge in [-0.25, -0.2) is 0 Å². The van der Waals surface area contributed by atoms with E-state index in [0.717, 1.165) is 19.3 Å². The average Bonchev–Trinajstić information content (AvgIpc) is 2.51. The van der Waals surface area contributed by atoms with E-state index < -0.39 is 0 Å². The van der Waals surface area contributed by atoms with Gasteiger partial charge in [0.15, 0.2) is 0 Å². The fourth-order valence-corrected chi connectivity index (χ4v) is 3.35. The van der Waals surface area contributed by atoms with E-state index in [2.05, 4.69) is 73.8 Å². The molecule has 0 bridgehead atoms. The maximum absolute atomic E-state index is 4.41. The third-order valence-electron chi connectivity index (χ3n) is 4.43. The second-order valence-corrected chi connectivity index (χ2v) is 5.67. The van der Waals surface area contributed by atoms with Gasteiger partial charge in [0, 0.05) is 5.41 Å². The third kappa shape index (κ3) is 2.02. The Balaban J connectivity index is 2.22. The molecule has 100 valence electrons. The second-order valence-electron chi connectivity index (χ2n) is 5.67. The average molecular weight is 260 g/mol. The first-order valence-electron chi connectivity index (χ1n) is 7.19. The molecule has 0 amide bonds. The van der Waals surface area contributed by atoms with Gasteiger partial charge in [0.05, 0.1) is 0 Å². The molecular formula is C20H20. The molecule has 0 N–H and O–H groups in total. The summed E-state index contributed by atoms with van der Waals surface area (Å²) in [5.41, 5.74) is 5.19. The fraction of sp³-hybridized carbons (Fsp3) is 0.200. The molecule has 0 spiro atoms. The Hall–Kier alpha value is -2.08. The summed E-state index contributed by atoms with van der Waals surface area (Å²) in [7, 11) is 0. The van der Waals surface area contributed by atoms with Crippen LogP contribution in [-0.2, 0) is 5.41 Å². The van der Waals surface area contributed by atoms with Gasteiger partial charge in [0.25, 0.3) is 0 Å². The van der Waals surface area contributed by atoms with Crippen molar-refractivity contribution in [1.29, 1.82) is 0 Å². The van der Waals surface area contributed by atoms with E-state index in [1.165, 1.54) is 22.3 Å². The molecule has 0 aromatic heterocycles. The van der Waals surface area contributed by atoms with Crippen LogP contribution in [0.5, 0.6) is 0 Å². The number of allylic oxidation sites excluding steroid dienone is 2. The molecule has 0 atom stereocenters. The number of rotatable bonds is 2. The van der Waals surface area contributed by atoms with Crippen molar-refractivity contribution in [2.24, 2.45) is 0 Å². The molecule has 1 aliphatic rings. The summed E-state index contributed by atoms with van der Waals surface area (Å²) in [5, 5.41) is 0. The number of benzene rings is 2. The first kappa shape index (κ1) is 12.9. The van der Waals surface area contributed by atoms with Crippen molar-refractivity contribution >= 4 is 0 Å². The Kier molecular flexibility index (Phi) is 3.31. The van der Waals surface area contributed by atoms with Crippen LogP contribution in [0.4, 0.5) is 0 Å². The maximum atomic E-state index is 4.41. The molecule has 2 aromatic rings. The van der Waals surface area contributed by atoms with Crippen LogP contribution >= 0.6 is 0 Å². The molecule has 3 rings (SSSR count). The molecule has 1 aliphatic carbocycles. The van der Waals surface area contributed by atoms with Crippen LogP contribution in [0.1, 0.15) is 30.4 Å². The van der Waals surface area contributed by atoms with Crippen LogP contribution in [0.3, 0.4) is 0 Å². The maximum Gasteiger partial charge on any atom is 0.0445 e. The van der Waals surface area contributed by atoms with E-state index in [1.807, 2.05) is 0 Å². The van der Waals surface area contributed by atoms with Crippen molar-refractivity contribution in [1.82, 2.24) is 0 Å². The van der Waals surface area contributed by atoms with Gasteiger partial charge in [-0.1, -0.05) is 85.0 Å². The minimum Gasteiger partial charge on any atom is -0.0998 e. The number of hydrogen-bond acceptors (Lipinski definition) is 0. The molecule has 20 heavy (non-hydrogen) atoms. The Morgan fingerprint density at radius 3 is 1.70 bits per heavy atom. The highest BCUT2D eigenvalue weighted by molar-refractivity contribution is 5.51. The lowest BCUT2D eigenvalue weighted by Crippen LogP contribution is -2.33. The minimum atomic E-state index is -0.0994. The Labute approximate surface area is 121 Å². The zero-order valence-electron chi connectivity index (χ0n) is 11.8. The van der Waals surface area contributed by atoms with Gasteiger partial charge in [0.2, 0.25) is 0 Å². The summed E-state index contributed by atoms with van der Waals surface area (Å²) >= 11 is 0. The SMILES string of the molecule is C=C1CCC(=C)C(c2ccccc2)(c2ccccc2)C1. The summed E-state index contributed by atoms with van der Waals surface area (Å²) in [5.74, 6) is 0. The van der Waals surface area contributed by atoms with Crippen LogP contribution in [0.15, 0.2) is 85.0 Å². The van der Waals surface area contributed by atoms with Crippen LogP contribution in [-0.4, -0.2) is 0 Å². The molecule has 0 unspecified atom stereocenters. The Bertz CT molecular complexity index is 580. The smallest absolute Gasteiger partial charge is 0.0445 e. The van der Waals surface area contributed by atoms with E-state index in [0.29, 0.717) is 0 Å². The molecule has 1 fully saturated rings. The molecule has 0 radical (unpaired) electrons. The van der Waals surface area contributed by atoms with Crippen LogP contribution in [0.2, 0.25) is 0 Å². The highest BCUT2D eigenvalue weighted by Gasteiger charge is 2.39. The Morgan fingerprint density at radius 2 is 1.20 bits per heavy atom. The minimum absolute atomic E-state index is 0.0994. The van der Waals surface area contributed by atoms with Gasteiger partial charge in [-0.05, 0) is 30.4 Å². The lowest BCUT2D eigenvalue weighted by molar-refractivity contribution is 0.521. The predicted molar refractivity (Wildman–Crippen MR) is 85.8 cm³/mol. The third-order valence-corrected chi connectivity index (χ3v) is 4.43. The van der Waals surface area contributed by atoms with Gasteiger partial charge in [-0.15, -0.1) is 0 Å². The molecule has 0 saturated heterocycles. The first-order chi connectivity index (χ1) is 9.73. The molecule has 0 aliphatic heterocycles. The van der Waals surface area contributed by atoms with Crippen LogP contribution in [0, 0.1) is 0 Å². The van der Waals surface area contributed by atoms with Gasteiger partial charge >= 0.3 is 0 Å². The Morgan fingerprint density at radius 1 is 0.700 bits per heavy atom. The van der Waals surface area contributed by atoms with E-state index >= 15 is 0 Å². The lowest BCUT2D eigenvalue weighted by Gasteiger charge is -2.41. The lowest BCUT2D eigenvalue weighted by atomic mass is 9.62. The van der Waals surface area contributed by atoms with Crippen molar-refractivity contribution < 1.29 is 0 Å². The van der Waals surface area contributed by atoms with Gasteiger partial charge < -0.3 is 0 Å². The van der Waals surface area contributed by atoms with Crippen molar-refractivity contribution in [3.05, 3.63) is 96.1 Å². The molecular weight excluding hydrogens is 240 g/mol. The molecule has 0 heteroatoms. The van der Waals surface area contributed by atoms with Crippen LogP contribution in [0.25, 0.3) is 0 Å². The van der Waals surface area contributed by atoms with Crippen molar-refractivity contribution in [2.45, 2.75) is 24.7 Å². The summed E-state index contributed by atoms with van der Waals surface area (Å²) in [4.78, 5) is 0. The normalized spacial score (nSPS) is 18.0. The van der Waals surface area contributed by atoms with E-state index in [9.17, 15) is 0 Å². The quantitative estimate of drug-likeness (QED) is 0.645. The molecule has 2 aromatic carbocycles. The summed E-state index contributed by atoms with van der Waals surface area (Å²) in [6.07, 6.45) is 3.07. The second kappa shape index (κ2) is 5.13. The number of hydrogen-bond donors (Lipinski definition) is 0. The monoisotopic (exact) mass is 260 g/mol. The topological polar surface area (TPSA) is 0 Å². The highest BCUT2D eigenvalue weighted by Crippen LogP contribution is 2.48. The predicted octanol–water partition coefficient (Wildman–Crippen LogP) is 5.27. The van der Waals surface area contributed by atoms with Gasteiger partial charge in [0.1, 0.15) is 0 Å². The van der Waals surface area contributed by atoms with E-state index in [1.54, 1.807) is 0 Å². The standard InChI is InChI=1S/C20H20/c1-16-13-14-17(2)20(15-16,18-9-5-3-6-10-18)19-11-7-4-8-12-19/h3-12H,1-2,13-15H2. The van der Waals surface area contributed by atoms with Crippen molar-refractivity contribution in [3.8, 4) is 0 Å². The summed E-state index contributed by atoms with van der Waals surface area (Å²) in [6, 6.07) is 21.5. The summed E-state index contributed by atoms with van der Waals surface area (Å²) < 4.78 is 0. The first-order valence-corrected chi connectivity index (χ1v) is 7.19. The van der Waals surface area contributed by atoms with Crippen LogP contribution < -0.4 is 0 Å². The highest BCUT2D eigenvalue weighted by atomic mass is 14.4. The summed E-state index contributed by atoms with van der Waals surface area (Å²) in [6.45, 7) is 8.67. The zero-order chi connectivity index (χ0) is 14.0. The largest absolute Gasteiger partial charge is 0.0998 e. The fourth-order valence-electron chi connectivity index (χ4n) is 3.35. The van der Waals surface area contributed by atoms with Gasteiger partial charge in [-0.2, -0.15) is 0 Å². The van der Waals surface area contributed by atoms with Gasteiger partial charge in [-0.3, -0.25) is 0 Å². The molecule has 1 saturated carbocycles. The van der Waals surface area contributed by atoms with Crippen molar-refractivity contribution in [2.75, 3.05) is 0 Å². The molecule has 0 nitrogen and oxygen atoms in total. The van der Waals surface area contributed by atoms with Crippen molar-refractivity contribution in [3.63, 3.8) is 0 Å². The van der Waals surface area contributed by atoms with E-state index in [4.69, 9.17) is 0 Å². The molecule has 0 heterocycles. The van der Waals surface area contributed by atoms with E-state index in [-0.39, 0.29) is 5.41 Å². The zero-order valence-corrected chi connectivity index (χ0v) is 11.8.